The molecule has 1 rings (SSSR count). The Labute approximate surface area is 98.1 Å². The van der Waals surface area contributed by atoms with E-state index in [4.69, 9.17) is 0 Å². The molecule has 1 atom stereocenters. The Morgan fingerprint density at radius 1 is 1.19 bits per heavy atom. The topological polar surface area (TPSA) is 12.0 Å². The maximum Gasteiger partial charge on any atom is 0.123 e. The van der Waals surface area contributed by atoms with Crippen molar-refractivity contribution in [2.45, 2.75) is 27.2 Å². The van der Waals surface area contributed by atoms with Gasteiger partial charge in [-0.15, -0.1) is 0 Å². The summed E-state index contributed by atoms with van der Waals surface area (Å²) in [7, 11) is 1.98. The average Bonchev–Trinajstić information content (AvgIpc) is 2.19. The molecule has 0 aliphatic heterocycles. The molecular formula is C14H22FN. The SMILES string of the molecule is CNCC(Cc1ccc(F)cc1)C(C)(C)C. The number of hydrogen-bond donors (Lipinski definition) is 1. The van der Waals surface area contributed by atoms with Gasteiger partial charge in [0.2, 0.25) is 0 Å². The first kappa shape index (κ1) is 13.2. The third-order valence-electron chi connectivity index (χ3n) is 3.07. The summed E-state index contributed by atoms with van der Waals surface area (Å²) in [5.41, 5.74) is 1.47. The molecule has 0 radical (unpaired) electrons. The maximum absolute atomic E-state index is 12.8. The number of rotatable bonds is 4. The van der Waals surface area contributed by atoms with E-state index in [9.17, 15) is 4.39 Å². The summed E-state index contributed by atoms with van der Waals surface area (Å²) in [4.78, 5) is 0. The van der Waals surface area contributed by atoms with Gasteiger partial charge in [-0.3, -0.25) is 0 Å². The van der Waals surface area contributed by atoms with E-state index in [1.165, 1.54) is 17.7 Å². The van der Waals surface area contributed by atoms with Crippen LogP contribution >= 0.6 is 0 Å². The summed E-state index contributed by atoms with van der Waals surface area (Å²) in [6, 6.07) is 6.83. The van der Waals surface area contributed by atoms with Gasteiger partial charge in [-0.25, -0.2) is 4.39 Å². The third-order valence-corrected chi connectivity index (χ3v) is 3.07. The average molecular weight is 223 g/mol. The molecule has 0 bridgehead atoms. The first-order valence-corrected chi connectivity index (χ1v) is 5.82. The lowest BCUT2D eigenvalue weighted by Gasteiger charge is -2.30. The Kier molecular flexibility index (Phi) is 4.48. The molecule has 1 nitrogen and oxygen atoms in total. The fourth-order valence-corrected chi connectivity index (χ4v) is 1.84. The zero-order chi connectivity index (χ0) is 12.2. The maximum atomic E-state index is 12.8. The van der Waals surface area contributed by atoms with Gasteiger partial charge < -0.3 is 5.32 Å². The van der Waals surface area contributed by atoms with E-state index in [0.29, 0.717) is 5.92 Å². The van der Waals surface area contributed by atoms with Crippen molar-refractivity contribution >= 4 is 0 Å². The second-order valence-electron chi connectivity index (χ2n) is 5.45. The summed E-state index contributed by atoms with van der Waals surface area (Å²) in [6.07, 6.45) is 0.991. The van der Waals surface area contributed by atoms with Crippen LogP contribution in [0.5, 0.6) is 0 Å². The minimum Gasteiger partial charge on any atom is -0.319 e. The van der Waals surface area contributed by atoms with Crippen molar-refractivity contribution in [1.82, 2.24) is 5.32 Å². The van der Waals surface area contributed by atoms with Gasteiger partial charge in [0.25, 0.3) is 0 Å². The highest BCUT2D eigenvalue weighted by molar-refractivity contribution is 5.17. The van der Waals surface area contributed by atoms with Crippen molar-refractivity contribution in [3.8, 4) is 0 Å². The van der Waals surface area contributed by atoms with Crippen molar-refractivity contribution in [2.75, 3.05) is 13.6 Å². The molecule has 1 aromatic carbocycles. The van der Waals surface area contributed by atoms with Gasteiger partial charge in [-0.2, -0.15) is 0 Å². The van der Waals surface area contributed by atoms with Gasteiger partial charge in [0, 0.05) is 0 Å². The largest absolute Gasteiger partial charge is 0.319 e. The van der Waals surface area contributed by atoms with Crippen LogP contribution in [0, 0.1) is 17.2 Å². The van der Waals surface area contributed by atoms with Crippen molar-refractivity contribution in [1.29, 1.82) is 0 Å². The standard InChI is InChI=1S/C14H22FN/c1-14(2,3)12(10-16-4)9-11-5-7-13(15)8-6-11/h5-8,12,16H,9-10H2,1-4H3. The van der Waals surface area contributed by atoms with Gasteiger partial charge in [-0.05, 0) is 49.0 Å². The van der Waals surface area contributed by atoms with Crippen LogP contribution in [0.1, 0.15) is 26.3 Å². The fourth-order valence-electron chi connectivity index (χ4n) is 1.84. The summed E-state index contributed by atoms with van der Waals surface area (Å²) in [6.45, 7) is 7.73. The van der Waals surface area contributed by atoms with E-state index < -0.39 is 0 Å². The van der Waals surface area contributed by atoms with Gasteiger partial charge in [0.15, 0.2) is 0 Å². The molecule has 0 amide bonds. The predicted octanol–water partition coefficient (Wildman–Crippen LogP) is 3.25. The Morgan fingerprint density at radius 2 is 1.75 bits per heavy atom. The Morgan fingerprint density at radius 3 is 2.19 bits per heavy atom. The number of halogens is 1. The van der Waals surface area contributed by atoms with E-state index in [2.05, 4.69) is 26.1 Å². The van der Waals surface area contributed by atoms with Crippen LogP contribution in [-0.4, -0.2) is 13.6 Å². The minimum atomic E-state index is -0.162. The molecule has 0 heterocycles. The number of nitrogens with one attached hydrogen (secondary N) is 1. The molecule has 90 valence electrons. The fraction of sp³-hybridized carbons (Fsp3) is 0.571. The second-order valence-corrected chi connectivity index (χ2v) is 5.45. The molecule has 0 spiro atoms. The van der Waals surface area contributed by atoms with Crippen molar-refractivity contribution in [3.05, 3.63) is 35.6 Å². The molecule has 0 saturated heterocycles. The molecule has 0 saturated carbocycles. The number of benzene rings is 1. The van der Waals surface area contributed by atoms with Crippen molar-refractivity contribution in [2.24, 2.45) is 11.3 Å². The zero-order valence-electron chi connectivity index (χ0n) is 10.7. The lowest BCUT2D eigenvalue weighted by Crippen LogP contribution is -2.31. The van der Waals surface area contributed by atoms with Gasteiger partial charge in [0.1, 0.15) is 5.82 Å². The summed E-state index contributed by atoms with van der Waals surface area (Å²) in [5.74, 6) is 0.396. The molecule has 1 aromatic rings. The van der Waals surface area contributed by atoms with Crippen molar-refractivity contribution < 1.29 is 4.39 Å². The lowest BCUT2D eigenvalue weighted by molar-refractivity contribution is 0.235. The van der Waals surface area contributed by atoms with E-state index in [1.54, 1.807) is 0 Å². The van der Waals surface area contributed by atoms with Gasteiger partial charge >= 0.3 is 0 Å². The van der Waals surface area contributed by atoms with Gasteiger partial charge in [-0.1, -0.05) is 32.9 Å². The highest BCUT2D eigenvalue weighted by Gasteiger charge is 2.23. The molecular weight excluding hydrogens is 201 g/mol. The predicted molar refractivity (Wildman–Crippen MR) is 67.0 cm³/mol. The van der Waals surface area contributed by atoms with E-state index in [1.807, 2.05) is 19.2 Å². The Balaban J connectivity index is 2.72. The smallest absolute Gasteiger partial charge is 0.123 e. The normalized spacial score (nSPS) is 13.8. The van der Waals surface area contributed by atoms with Crippen LogP contribution in [-0.2, 0) is 6.42 Å². The highest BCUT2D eigenvalue weighted by Crippen LogP contribution is 2.28. The van der Waals surface area contributed by atoms with Crippen LogP contribution < -0.4 is 5.32 Å². The zero-order valence-corrected chi connectivity index (χ0v) is 10.7. The highest BCUT2D eigenvalue weighted by atomic mass is 19.1. The summed E-state index contributed by atoms with van der Waals surface area (Å²) < 4.78 is 12.8. The lowest BCUT2D eigenvalue weighted by atomic mass is 9.77. The summed E-state index contributed by atoms with van der Waals surface area (Å²) in [5, 5.41) is 3.23. The molecule has 0 aliphatic rings. The Bertz CT molecular complexity index is 311. The monoisotopic (exact) mass is 223 g/mol. The quantitative estimate of drug-likeness (QED) is 0.826. The van der Waals surface area contributed by atoms with Gasteiger partial charge in [0.05, 0.1) is 0 Å². The summed E-state index contributed by atoms with van der Waals surface area (Å²) >= 11 is 0. The van der Waals surface area contributed by atoms with Crippen LogP contribution in [0.25, 0.3) is 0 Å². The van der Waals surface area contributed by atoms with Crippen LogP contribution in [0.4, 0.5) is 4.39 Å². The Hall–Kier alpha value is -0.890. The van der Waals surface area contributed by atoms with Crippen LogP contribution in [0.3, 0.4) is 0 Å². The van der Waals surface area contributed by atoms with Crippen LogP contribution in [0.15, 0.2) is 24.3 Å². The molecule has 1 unspecified atom stereocenters. The molecule has 2 heteroatoms. The first-order chi connectivity index (χ1) is 7.43. The molecule has 0 aromatic heterocycles. The molecule has 0 fully saturated rings. The molecule has 16 heavy (non-hydrogen) atoms. The third kappa shape index (κ3) is 3.93. The molecule has 1 N–H and O–H groups in total. The van der Waals surface area contributed by atoms with E-state index in [0.717, 1.165) is 13.0 Å². The first-order valence-electron chi connectivity index (χ1n) is 5.82. The minimum absolute atomic E-state index is 0.162. The molecule has 0 aliphatic carbocycles. The van der Waals surface area contributed by atoms with Crippen molar-refractivity contribution in [3.63, 3.8) is 0 Å². The van der Waals surface area contributed by atoms with E-state index >= 15 is 0 Å². The second kappa shape index (κ2) is 5.44. The van der Waals surface area contributed by atoms with E-state index in [-0.39, 0.29) is 11.2 Å². The van der Waals surface area contributed by atoms with Crippen LogP contribution in [0.2, 0.25) is 0 Å². The number of hydrogen-bond acceptors (Lipinski definition) is 1.